The van der Waals surface area contributed by atoms with E-state index in [0.29, 0.717) is 0 Å². The zero-order valence-corrected chi connectivity index (χ0v) is 15.1. The summed E-state index contributed by atoms with van der Waals surface area (Å²) in [4.78, 5) is 2.18. The Labute approximate surface area is 143 Å². The number of hydrogen-bond donors (Lipinski definition) is 1. The normalized spacial score (nSPS) is 21.0. The van der Waals surface area contributed by atoms with Crippen molar-refractivity contribution in [2.45, 2.75) is 32.5 Å². The van der Waals surface area contributed by atoms with E-state index in [-0.39, 0.29) is 12.2 Å². The molecule has 1 aliphatic heterocycles. The van der Waals surface area contributed by atoms with Gasteiger partial charge in [-0.05, 0) is 50.2 Å². The Kier molecular flexibility index (Phi) is 6.47. The van der Waals surface area contributed by atoms with E-state index in [4.69, 9.17) is 26.4 Å². The molecule has 0 aliphatic carbocycles. The van der Waals surface area contributed by atoms with E-state index in [0.717, 1.165) is 42.7 Å². The van der Waals surface area contributed by atoms with Crippen molar-refractivity contribution < 1.29 is 14.2 Å². The van der Waals surface area contributed by atoms with Crippen molar-refractivity contribution >= 4 is 17.3 Å². The molecular weight excluding hydrogens is 312 g/mol. The molecule has 5 nitrogen and oxygen atoms in total. The maximum atomic E-state index is 5.73. The first-order chi connectivity index (χ1) is 11.0. The monoisotopic (exact) mass is 338 g/mol. The summed E-state index contributed by atoms with van der Waals surface area (Å²) in [7, 11) is 3.29. The van der Waals surface area contributed by atoms with Gasteiger partial charge >= 0.3 is 0 Å². The van der Waals surface area contributed by atoms with Crippen molar-refractivity contribution in [2.24, 2.45) is 0 Å². The molecule has 23 heavy (non-hydrogen) atoms. The van der Waals surface area contributed by atoms with Gasteiger partial charge in [-0.25, -0.2) is 0 Å². The summed E-state index contributed by atoms with van der Waals surface area (Å²) in [5.41, 5.74) is 1.18. The predicted octanol–water partition coefficient (Wildman–Crippen LogP) is 2.23. The number of thiocarbonyl (C=S) groups is 1. The summed E-state index contributed by atoms with van der Waals surface area (Å²) in [6, 6.07) is 5.98. The van der Waals surface area contributed by atoms with E-state index < -0.39 is 0 Å². The quantitative estimate of drug-likeness (QED) is 0.831. The molecule has 0 bridgehead atoms. The van der Waals surface area contributed by atoms with Crippen molar-refractivity contribution in [3.63, 3.8) is 0 Å². The second kappa shape index (κ2) is 8.36. The van der Waals surface area contributed by atoms with Crippen LogP contribution in [0.4, 0.5) is 0 Å². The Morgan fingerprint density at radius 1 is 1.22 bits per heavy atom. The number of nitrogens with one attached hydrogen (secondary N) is 1. The molecule has 1 N–H and O–H groups in total. The van der Waals surface area contributed by atoms with Crippen LogP contribution in [0, 0.1) is 0 Å². The molecule has 0 saturated carbocycles. The number of morpholine rings is 1. The number of ether oxygens (including phenoxy) is 3. The molecule has 0 aromatic heterocycles. The van der Waals surface area contributed by atoms with Gasteiger partial charge in [0.05, 0.1) is 26.4 Å². The minimum absolute atomic E-state index is 0.212. The molecule has 2 rings (SSSR count). The lowest BCUT2D eigenvalue weighted by atomic mass is 10.1. The van der Waals surface area contributed by atoms with E-state index >= 15 is 0 Å². The third-order valence-corrected chi connectivity index (χ3v) is 4.25. The van der Waals surface area contributed by atoms with Crippen LogP contribution in [0.25, 0.3) is 0 Å². The van der Waals surface area contributed by atoms with Crippen LogP contribution in [0.2, 0.25) is 0 Å². The molecule has 1 fully saturated rings. The average Bonchev–Trinajstić information content (AvgIpc) is 2.53. The summed E-state index contributed by atoms with van der Waals surface area (Å²) >= 11 is 5.50. The van der Waals surface area contributed by atoms with Gasteiger partial charge in [-0.2, -0.15) is 0 Å². The third-order valence-electron chi connectivity index (χ3n) is 3.84. The second-order valence-corrected chi connectivity index (χ2v) is 6.22. The maximum absolute atomic E-state index is 5.73. The lowest BCUT2D eigenvalue weighted by Gasteiger charge is -2.37. The van der Waals surface area contributed by atoms with Gasteiger partial charge in [-0.3, -0.25) is 0 Å². The molecule has 1 saturated heterocycles. The number of hydrogen-bond acceptors (Lipinski definition) is 4. The molecule has 2 atom stereocenters. The Bertz CT molecular complexity index is 529. The minimum Gasteiger partial charge on any atom is -0.493 e. The van der Waals surface area contributed by atoms with Crippen LogP contribution in [0.5, 0.6) is 11.5 Å². The number of nitrogens with zero attached hydrogens (tertiary/aromatic N) is 1. The van der Waals surface area contributed by atoms with Gasteiger partial charge in [0.1, 0.15) is 0 Å². The fraction of sp³-hybridized carbons (Fsp3) is 0.588. The summed E-state index contributed by atoms with van der Waals surface area (Å²) in [5.74, 6) is 1.50. The third kappa shape index (κ3) is 4.97. The van der Waals surface area contributed by atoms with Gasteiger partial charge in [0.2, 0.25) is 0 Å². The lowest BCUT2D eigenvalue weighted by Crippen LogP contribution is -2.51. The van der Waals surface area contributed by atoms with E-state index in [1.54, 1.807) is 14.2 Å². The fourth-order valence-corrected chi connectivity index (χ4v) is 3.06. The molecule has 1 heterocycles. The highest BCUT2D eigenvalue weighted by Crippen LogP contribution is 2.27. The SMILES string of the molecule is COc1ccc(CCNC(=S)N2CC(C)OC(C)C2)cc1OC. The molecule has 0 radical (unpaired) electrons. The van der Waals surface area contributed by atoms with Crippen LogP contribution in [0.3, 0.4) is 0 Å². The summed E-state index contributed by atoms with van der Waals surface area (Å²) < 4.78 is 16.3. The van der Waals surface area contributed by atoms with Crippen LogP contribution in [-0.4, -0.2) is 56.1 Å². The van der Waals surface area contributed by atoms with Crippen LogP contribution in [0.1, 0.15) is 19.4 Å². The van der Waals surface area contributed by atoms with Gasteiger partial charge < -0.3 is 24.4 Å². The molecule has 0 spiro atoms. The van der Waals surface area contributed by atoms with E-state index in [9.17, 15) is 0 Å². The predicted molar refractivity (Wildman–Crippen MR) is 95.4 cm³/mol. The highest BCUT2D eigenvalue weighted by atomic mass is 32.1. The number of methoxy groups -OCH3 is 2. The summed E-state index contributed by atoms with van der Waals surface area (Å²) in [6.07, 6.45) is 1.30. The van der Waals surface area contributed by atoms with Gasteiger partial charge in [-0.1, -0.05) is 6.07 Å². The van der Waals surface area contributed by atoms with E-state index in [2.05, 4.69) is 24.1 Å². The largest absolute Gasteiger partial charge is 0.493 e. The molecule has 1 aliphatic rings. The minimum atomic E-state index is 0.212. The Morgan fingerprint density at radius 3 is 2.48 bits per heavy atom. The first-order valence-corrected chi connectivity index (χ1v) is 8.33. The number of benzene rings is 1. The van der Waals surface area contributed by atoms with E-state index in [1.165, 1.54) is 5.56 Å². The second-order valence-electron chi connectivity index (χ2n) is 5.83. The molecule has 2 unspecified atom stereocenters. The topological polar surface area (TPSA) is 43.0 Å². The molecule has 1 aromatic rings. The van der Waals surface area contributed by atoms with Gasteiger partial charge in [0.15, 0.2) is 16.6 Å². The molecule has 128 valence electrons. The van der Waals surface area contributed by atoms with Crippen molar-refractivity contribution in [1.82, 2.24) is 10.2 Å². The molecule has 1 aromatic carbocycles. The van der Waals surface area contributed by atoms with Crippen LogP contribution in [-0.2, 0) is 11.2 Å². The Morgan fingerprint density at radius 2 is 1.87 bits per heavy atom. The standard InChI is InChI=1S/C17H26N2O3S/c1-12-10-19(11-13(2)22-12)17(23)18-8-7-14-5-6-15(20-3)16(9-14)21-4/h5-6,9,12-13H,7-8,10-11H2,1-4H3,(H,18,23). The molecule has 0 amide bonds. The summed E-state index contributed by atoms with van der Waals surface area (Å²) in [5, 5.41) is 4.14. The van der Waals surface area contributed by atoms with Gasteiger partial charge in [0.25, 0.3) is 0 Å². The van der Waals surface area contributed by atoms with Crippen molar-refractivity contribution in [1.29, 1.82) is 0 Å². The average molecular weight is 338 g/mol. The Hall–Kier alpha value is -1.53. The smallest absolute Gasteiger partial charge is 0.169 e. The zero-order valence-electron chi connectivity index (χ0n) is 14.3. The Balaban J connectivity index is 1.83. The number of rotatable bonds is 5. The van der Waals surface area contributed by atoms with Crippen molar-refractivity contribution in [3.8, 4) is 11.5 Å². The van der Waals surface area contributed by atoms with Crippen LogP contribution in [0.15, 0.2) is 18.2 Å². The van der Waals surface area contributed by atoms with Crippen LogP contribution >= 0.6 is 12.2 Å². The zero-order chi connectivity index (χ0) is 16.8. The summed E-state index contributed by atoms with van der Waals surface area (Å²) in [6.45, 7) is 6.62. The highest BCUT2D eigenvalue weighted by molar-refractivity contribution is 7.80. The van der Waals surface area contributed by atoms with Crippen molar-refractivity contribution in [3.05, 3.63) is 23.8 Å². The molecular formula is C17H26N2O3S. The molecule has 6 heteroatoms. The lowest BCUT2D eigenvalue weighted by molar-refractivity contribution is -0.0481. The fourth-order valence-electron chi connectivity index (χ4n) is 2.81. The van der Waals surface area contributed by atoms with E-state index in [1.807, 2.05) is 18.2 Å². The van der Waals surface area contributed by atoms with Crippen molar-refractivity contribution in [2.75, 3.05) is 33.9 Å². The first kappa shape index (κ1) is 17.8. The van der Waals surface area contributed by atoms with Gasteiger partial charge in [0, 0.05) is 19.6 Å². The van der Waals surface area contributed by atoms with Gasteiger partial charge in [-0.15, -0.1) is 0 Å². The first-order valence-electron chi connectivity index (χ1n) is 7.92. The van der Waals surface area contributed by atoms with Crippen LogP contribution < -0.4 is 14.8 Å². The maximum Gasteiger partial charge on any atom is 0.169 e. The highest BCUT2D eigenvalue weighted by Gasteiger charge is 2.23.